The van der Waals surface area contributed by atoms with E-state index < -0.39 is 14.4 Å². The number of carboxylic acid groups (broad SMARTS) is 1. The van der Waals surface area contributed by atoms with Gasteiger partial charge in [0.15, 0.2) is 8.32 Å². The second kappa shape index (κ2) is 8.11. The van der Waals surface area contributed by atoms with Crippen molar-refractivity contribution in [3.8, 4) is 0 Å². The first-order valence-electron chi connectivity index (χ1n) is 8.96. The van der Waals surface area contributed by atoms with Crippen LogP contribution in [0.15, 0.2) is 24.3 Å². The molecule has 1 aliphatic heterocycles. The molecule has 1 unspecified atom stereocenters. The first-order chi connectivity index (χ1) is 12.0. The minimum absolute atomic E-state index is 0.189. The van der Waals surface area contributed by atoms with Crippen molar-refractivity contribution in [3.05, 3.63) is 40.7 Å². The summed E-state index contributed by atoms with van der Waals surface area (Å²) in [6.45, 7) is 12.1. The number of hydrogen-bond donors (Lipinski definition) is 1. The zero-order valence-electron chi connectivity index (χ0n) is 16.3. The second-order valence-electron chi connectivity index (χ2n) is 8.25. The van der Waals surface area contributed by atoms with Crippen molar-refractivity contribution in [3.63, 3.8) is 0 Å². The van der Waals surface area contributed by atoms with Crippen molar-refractivity contribution in [2.24, 2.45) is 0 Å². The highest BCUT2D eigenvalue weighted by atomic mass is 35.5. The lowest BCUT2D eigenvalue weighted by atomic mass is 9.98. The number of halogens is 1. The normalized spacial score (nSPS) is 18.2. The zero-order chi connectivity index (χ0) is 19.5. The minimum Gasteiger partial charge on any atom is -0.465 e. The molecule has 26 heavy (non-hydrogen) atoms. The molecule has 7 heteroatoms. The summed E-state index contributed by atoms with van der Waals surface area (Å²) >= 11 is 5.98. The van der Waals surface area contributed by atoms with Gasteiger partial charge in [0.1, 0.15) is 5.15 Å². The van der Waals surface area contributed by atoms with Gasteiger partial charge in [0.2, 0.25) is 0 Å². The van der Waals surface area contributed by atoms with Gasteiger partial charge >= 0.3 is 6.09 Å². The van der Waals surface area contributed by atoms with Gasteiger partial charge in [-0.3, -0.25) is 4.90 Å². The van der Waals surface area contributed by atoms with Crippen molar-refractivity contribution in [2.45, 2.75) is 64.3 Å². The second-order valence-corrected chi connectivity index (χ2v) is 13.4. The number of fused-ring (bicyclic) bond motifs is 1. The van der Waals surface area contributed by atoms with Crippen LogP contribution in [-0.2, 0) is 17.4 Å². The number of rotatable bonds is 5. The van der Waals surface area contributed by atoms with E-state index in [4.69, 9.17) is 16.0 Å². The van der Waals surface area contributed by atoms with Crippen LogP contribution in [0.1, 0.15) is 38.4 Å². The van der Waals surface area contributed by atoms with E-state index in [0.717, 1.165) is 17.7 Å². The molecule has 0 bridgehead atoms. The van der Waals surface area contributed by atoms with Crippen LogP contribution >= 0.6 is 11.6 Å². The molecule has 0 fully saturated rings. The number of hydrogen-bond acceptors (Lipinski definition) is 3. The molecule has 5 nitrogen and oxygen atoms in total. The summed E-state index contributed by atoms with van der Waals surface area (Å²) in [5.41, 5.74) is 1.80. The van der Waals surface area contributed by atoms with Crippen molar-refractivity contribution >= 4 is 26.0 Å². The topological polar surface area (TPSA) is 62.7 Å². The molecule has 1 aromatic heterocycles. The van der Waals surface area contributed by atoms with E-state index in [-0.39, 0.29) is 11.1 Å². The Bertz CT molecular complexity index is 686. The van der Waals surface area contributed by atoms with Crippen LogP contribution in [0.3, 0.4) is 0 Å². The van der Waals surface area contributed by atoms with Gasteiger partial charge in [0.25, 0.3) is 0 Å². The number of pyridine rings is 1. The minimum atomic E-state index is -1.74. The Kier molecular flexibility index (Phi) is 6.53. The Balaban J connectivity index is 1.98. The highest BCUT2D eigenvalue weighted by Crippen LogP contribution is 2.36. The van der Waals surface area contributed by atoms with Crippen LogP contribution in [0.4, 0.5) is 4.79 Å². The zero-order valence-corrected chi connectivity index (χ0v) is 18.0. The number of aromatic nitrogens is 1. The Morgan fingerprint density at radius 1 is 1.46 bits per heavy atom. The van der Waals surface area contributed by atoms with Crippen LogP contribution in [0.2, 0.25) is 23.3 Å². The molecule has 0 aliphatic carbocycles. The Hall–Kier alpha value is -1.37. The summed E-state index contributed by atoms with van der Waals surface area (Å²) < 4.78 is 6.16. The van der Waals surface area contributed by atoms with Crippen LogP contribution < -0.4 is 0 Å². The van der Waals surface area contributed by atoms with Crippen molar-refractivity contribution < 1.29 is 14.3 Å². The molecule has 1 N–H and O–H groups in total. The fourth-order valence-corrected chi connectivity index (χ4v) is 3.89. The summed E-state index contributed by atoms with van der Waals surface area (Å²) in [6, 6.07) is 3.33. The maximum Gasteiger partial charge on any atom is 0.408 e. The molecule has 2 heterocycles. The van der Waals surface area contributed by atoms with Crippen LogP contribution in [0.25, 0.3) is 0 Å². The van der Waals surface area contributed by atoms with Gasteiger partial charge in [-0.05, 0) is 36.2 Å². The maximum atomic E-state index is 11.6. The molecule has 0 spiro atoms. The standard InChI is InChI=1S/C19H29ClN2O3Si/c1-19(2,3)26(4,5)25-11-7-6-8-15-12-16-14(9-10-17(20)21-16)13-22(15)18(23)24/h6,8-10,15H,7,11-13H2,1-5H3,(H,23,24). The molecular weight excluding hydrogens is 368 g/mol. The largest absolute Gasteiger partial charge is 0.465 e. The molecule has 1 aliphatic rings. The summed E-state index contributed by atoms with van der Waals surface area (Å²) in [7, 11) is -1.74. The summed E-state index contributed by atoms with van der Waals surface area (Å²) in [6.07, 6.45) is 4.37. The monoisotopic (exact) mass is 396 g/mol. The summed E-state index contributed by atoms with van der Waals surface area (Å²) in [4.78, 5) is 17.4. The molecule has 1 aromatic rings. The van der Waals surface area contributed by atoms with Gasteiger partial charge in [-0.25, -0.2) is 9.78 Å². The lowest BCUT2D eigenvalue weighted by Crippen LogP contribution is -2.42. The number of amides is 1. The SMILES string of the molecule is CC(C)(C)[Si](C)(C)OCCC=CC1Cc2nc(Cl)ccc2CN1C(=O)O. The van der Waals surface area contributed by atoms with E-state index in [9.17, 15) is 9.90 Å². The first-order valence-corrected chi connectivity index (χ1v) is 12.2. The molecule has 0 aromatic carbocycles. The summed E-state index contributed by atoms with van der Waals surface area (Å²) in [5.74, 6) is 0. The highest BCUT2D eigenvalue weighted by molar-refractivity contribution is 6.74. The van der Waals surface area contributed by atoms with Crippen LogP contribution in [0, 0.1) is 0 Å². The third-order valence-corrected chi connectivity index (χ3v) is 10.1. The third-order valence-electron chi connectivity index (χ3n) is 5.34. The molecule has 0 saturated carbocycles. The van der Waals surface area contributed by atoms with E-state index in [2.05, 4.69) is 38.8 Å². The molecule has 0 saturated heterocycles. The van der Waals surface area contributed by atoms with E-state index in [1.807, 2.05) is 18.2 Å². The Morgan fingerprint density at radius 3 is 2.77 bits per heavy atom. The van der Waals surface area contributed by atoms with Gasteiger partial charge in [-0.15, -0.1) is 0 Å². The van der Waals surface area contributed by atoms with Crippen LogP contribution in [-0.4, -0.2) is 42.0 Å². The molecule has 1 amide bonds. The average Bonchev–Trinajstić information content (AvgIpc) is 2.52. The van der Waals surface area contributed by atoms with Crippen molar-refractivity contribution in [1.82, 2.24) is 9.88 Å². The quantitative estimate of drug-likeness (QED) is 0.325. The predicted octanol–water partition coefficient (Wildman–Crippen LogP) is 5.11. The van der Waals surface area contributed by atoms with Gasteiger partial charge < -0.3 is 9.53 Å². The molecule has 1 atom stereocenters. The number of carbonyl (C=O) groups is 1. The fraction of sp³-hybridized carbons (Fsp3) is 0.579. The van der Waals surface area contributed by atoms with Crippen molar-refractivity contribution in [1.29, 1.82) is 0 Å². The van der Waals surface area contributed by atoms with E-state index in [1.54, 1.807) is 6.07 Å². The van der Waals surface area contributed by atoms with E-state index in [1.165, 1.54) is 4.90 Å². The Labute approximate surface area is 162 Å². The van der Waals surface area contributed by atoms with Crippen molar-refractivity contribution in [2.75, 3.05) is 6.61 Å². The first kappa shape index (κ1) is 20.9. The Morgan fingerprint density at radius 2 is 2.15 bits per heavy atom. The number of nitrogens with zero attached hydrogens (tertiary/aromatic N) is 2. The fourth-order valence-electron chi connectivity index (χ4n) is 2.67. The molecule has 2 rings (SSSR count). The lowest BCUT2D eigenvalue weighted by Gasteiger charge is -2.36. The smallest absolute Gasteiger partial charge is 0.408 e. The maximum absolute atomic E-state index is 11.6. The summed E-state index contributed by atoms with van der Waals surface area (Å²) in [5, 5.41) is 10.1. The lowest BCUT2D eigenvalue weighted by molar-refractivity contribution is 0.125. The molecule has 0 radical (unpaired) electrons. The van der Waals surface area contributed by atoms with Crippen LogP contribution in [0.5, 0.6) is 0 Å². The van der Waals surface area contributed by atoms with Gasteiger partial charge in [-0.1, -0.05) is 50.6 Å². The predicted molar refractivity (Wildman–Crippen MR) is 107 cm³/mol. The van der Waals surface area contributed by atoms with Gasteiger partial charge in [-0.2, -0.15) is 0 Å². The molecular formula is C19H29ClN2O3Si. The molecule has 144 valence electrons. The highest BCUT2D eigenvalue weighted by Gasteiger charge is 2.36. The average molecular weight is 397 g/mol. The van der Waals surface area contributed by atoms with Gasteiger partial charge in [0.05, 0.1) is 12.6 Å². The van der Waals surface area contributed by atoms with E-state index in [0.29, 0.717) is 24.7 Å². The van der Waals surface area contributed by atoms with E-state index >= 15 is 0 Å². The van der Waals surface area contributed by atoms with Gasteiger partial charge in [0, 0.05) is 18.7 Å². The third kappa shape index (κ3) is 5.08.